The molecular weight excluding hydrogens is 526 g/mol. The van der Waals surface area contributed by atoms with Crippen LogP contribution in [0.15, 0.2) is 0 Å². The molecule has 0 aliphatic heterocycles. The van der Waals surface area contributed by atoms with Crippen LogP contribution in [0, 0.1) is 11.8 Å². The fraction of sp³-hybridized carbons (Fsp3) is 0.778. The van der Waals surface area contributed by atoms with Crippen molar-refractivity contribution < 1.29 is 51.9 Å². The zero-order chi connectivity index (χ0) is 33.5. The minimum atomic E-state index is -3.31. The van der Waals surface area contributed by atoms with Gasteiger partial charge in [0.2, 0.25) is 11.4 Å². The van der Waals surface area contributed by atoms with Gasteiger partial charge < -0.3 is 35.5 Å². The Morgan fingerprint density at radius 1 is 0.900 bits per heavy atom. The molecule has 5 N–H and O–H groups in total. The Bertz CT molecular complexity index is 1040. The lowest BCUT2D eigenvalue weighted by Gasteiger charge is -2.51. The molecule has 0 aromatic rings. The number of likely N-dealkylation sites (N-methyl/N-ethyl adjacent to an activating group) is 3. The van der Waals surface area contributed by atoms with Gasteiger partial charge in [0, 0.05) is 16.8 Å². The molecule has 230 valence electrons. The summed E-state index contributed by atoms with van der Waals surface area (Å²) in [4.78, 5) is 83.1. The number of aliphatic hydroxyl groups excluding tert-OH is 2. The third-order valence-electron chi connectivity index (χ3n) is 7.45. The number of nitrogens with one attached hydrogen (secondary N) is 1. The van der Waals surface area contributed by atoms with E-state index in [1.165, 1.54) is 13.8 Å². The van der Waals surface area contributed by atoms with Crippen LogP contribution < -0.4 is 5.32 Å². The van der Waals surface area contributed by atoms with E-state index in [2.05, 4.69) is 5.32 Å². The molecule has 0 unspecified atom stereocenters. The lowest BCUT2D eigenvalue weighted by molar-refractivity contribution is -0.180. The normalized spacial score (nSPS) is 19.8. The molecule has 7 atom stereocenters. The first-order chi connectivity index (χ1) is 19.1. The molecule has 0 saturated heterocycles. The number of aliphatic carboxylic acids is 1. The van der Waals surface area contributed by atoms with Crippen LogP contribution in [0.1, 0.15) is 71.0 Å². The molecule has 0 aromatic heterocycles. The van der Waals surface area contributed by atoms with Crippen LogP contribution in [-0.4, -0.2) is 121 Å². The molecule has 13 heteroatoms. The van der Waals surface area contributed by atoms with Gasteiger partial charge in [0.25, 0.3) is 11.8 Å². The molecule has 0 radical (unpaired) electrons. The number of amides is 2. The summed E-state index contributed by atoms with van der Waals surface area (Å²) in [5.41, 5.74) is -9.14. The molecule has 0 heterocycles. The number of carbonyl (C=O) groups excluding carboxylic acids is 5. The van der Waals surface area contributed by atoms with Crippen molar-refractivity contribution in [2.45, 2.75) is 103 Å². The molecule has 0 spiro atoms. The number of Topliss-reactive ketones (excluding diaryl/α,β-unsaturated/α-hetero) is 3. The second-order valence-corrected chi connectivity index (χ2v) is 10.9. The molecule has 0 aliphatic rings. The summed E-state index contributed by atoms with van der Waals surface area (Å²) >= 11 is 0. The molecular formula is C27H47N3O10. The Labute approximate surface area is 238 Å². The smallest absolute Gasteiger partial charge is 0.343 e. The van der Waals surface area contributed by atoms with Crippen molar-refractivity contribution >= 4 is 35.1 Å². The molecule has 0 bridgehead atoms. The molecule has 0 rings (SSSR count). The summed E-state index contributed by atoms with van der Waals surface area (Å²) in [5.74, 6) is -10.5. The predicted octanol–water partition coefficient (Wildman–Crippen LogP) is -0.615. The van der Waals surface area contributed by atoms with Crippen LogP contribution in [-0.2, 0) is 28.8 Å². The molecule has 2 amide bonds. The first kappa shape index (κ1) is 33.5. The zero-order valence-corrected chi connectivity index (χ0v) is 24.8. The number of aliphatic hydroxyl groups is 3. The number of hydrogen-bond donors (Lipinski definition) is 5. The topological polar surface area (TPSA) is 202 Å². The summed E-state index contributed by atoms with van der Waals surface area (Å²) < 4.78 is 15.7. The van der Waals surface area contributed by atoms with Gasteiger partial charge in [0.05, 0.1) is 6.04 Å². The van der Waals surface area contributed by atoms with Gasteiger partial charge in [-0.1, -0.05) is 34.1 Å². The highest BCUT2D eigenvalue weighted by atomic mass is 16.4. The van der Waals surface area contributed by atoms with Crippen molar-refractivity contribution in [1.29, 1.82) is 0 Å². The fourth-order valence-electron chi connectivity index (χ4n) is 4.68. The van der Waals surface area contributed by atoms with Crippen LogP contribution in [0.5, 0.6) is 0 Å². The highest BCUT2D eigenvalue weighted by molar-refractivity contribution is 6.30. The second-order valence-electron chi connectivity index (χ2n) is 10.9. The van der Waals surface area contributed by atoms with Gasteiger partial charge in [0.1, 0.15) is 12.2 Å². The number of hydrogen-bond acceptors (Lipinski definition) is 10. The molecule has 0 fully saturated rings. The Balaban J connectivity index is 8.32. The van der Waals surface area contributed by atoms with Crippen molar-refractivity contribution in [2.24, 2.45) is 11.8 Å². The second kappa shape index (κ2) is 13.7. The van der Waals surface area contributed by atoms with E-state index in [4.69, 9.17) is 2.74 Å². The maximum atomic E-state index is 15.1. The minimum absolute atomic E-state index is 0.0227. The van der Waals surface area contributed by atoms with Crippen molar-refractivity contribution in [3.05, 3.63) is 0 Å². The van der Waals surface area contributed by atoms with Crippen LogP contribution in [0.3, 0.4) is 0 Å². The largest absolute Gasteiger partial charge is 0.479 e. The van der Waals surface area contributed by atoms with Crippen molar-refractivity contribution in [3.8, 4) is 0 Å². The summed E-state index contributed by atoms with van der Waals surface area (Å²) in [6.45, 7) is 9.82. The monoisotopic (exact) mass is 575 g/mol. The number of ketones is 3. The maximum Gasteiger partial charge on any atom is 0.343 e. The van der Waals surface area contributed by atoms with Crippen molar-refractivity contribution in [3.63, 3.8) is 0 Å². The van der Waals surface area contributed by atoms with Crippen LogP contribution in [0.2, 0.25) is 0 Å². The summed E-state index contributed by atoms with van der Waals surface area (Å²) in [6, 6.07) is -1.31. The van der Waals surface area contributed by atoms with E-state index in [0.29, 0.717) is 16.7 Å². The van der Waals surface area contributed by atoms with Gasteiger partial charge in [-0.25, -0.2) is 4.79 Å². The number of carboxylic acid groups (broad SMARTS) is 1. The quantitative estimate of drug-likeness (QED) is 0.147. The van der Waals surface area contributed by atoms with Gasteiger partial charge in [0.15, 0.2) is 22.6 Å². The third kappa shape index (κ3) is 6.59. The van der Waals surface area contributed by atoms with Crippen molar-refractivity contribution in [1.82, 2.24) is 15.1 Å². The van der Waals surface area contributed by atoms with Crippen molar-refractivity contribution in [2.75, 3.05) is 21.1 Å². The Kier molecular flexibility index (Phi) is 11.5. The molecule has 0 saturated carbocycles. The molecule has 0 aliphatic carbocycles. The predicted molar refractivity (Wildman–Crippen MR) is 145 cm³/mol. The Hall–Kier alpha value is -2.74. The van der Waals surface area contributed by atoms with Gasteiger partial charge in [-0.15, -0.1) is 0 Å². The van der Waals surface area contributed by atoms with E-state index in [9.17, 15) is 44.4 Å². The summed E-state index contributed by atoms with van der Waals surface area (Å²) in [6.07, 6.45) is -3.76. The van der Waals surface area contributed by atoms with E-state index in [1.54, 1.807) is 13.8 Å². The van der Waals surface area contributed by atoms with E-state index >= 15 is 4.79 Å². The molecule has 0 aromatic carbocycles. The first-order valence-corrected chi connectivity index (χ1v) is 13.0. The number of nitrogens with zero attached hydrogens (tertiary/aromatic N) is 2. The van der Waals surface area contributed by atoms with Gasteiger partial charge in [-0.2, -0.15) is 0 Å². The first-order valence-electron chi connectivity index (χ1n) is 14.4. The molecule has 13 nitrogen and oxygen atoms in total. The van der Waals surface area contributed by atoms with Crippen LogP contribution in [0.4, 0.5) is 0 Å². The zero-order valence-electron chi connectivity index (χ0n) is 26.8. The SMILES string of the molecule is [2H]CN[C@@H](CC(C)C)C(=O)[C@](C)(C(=O)[C@@](C(=O)[C@@](C)(O)C(=O)O)([C@@H](C)CC)N(C)C(=O)[C@H](C)O)N(C[2H])C(=O)[C@H](C)O. The maximum absolute atomic E-state index is 15.1. The fourth-order valence-corrected chi connectivity index (χ4v) is 4.68. The number of carbonyl (C=O) groups is 6. The lowest BCUT2D eigenvalue weighted by Crippen LogP contribution is -2.78. The average molecular weight is 576 g/mol. The van der Waals surface area contributed by atoms with Gasteiger partial charge in [-0.3, -0.25) is 24.0 Å². The highest BCUT2D eigenvalue weighted by Gasteiger charge is 2.67. The number of carboxylic acids is 1. The van der Waals surface area contributed by atoms with E-state index in [0.717, 1.165) is 27.8 Å². The standard InChI is InChI=1S/C27H47N3O10/c1-12-15(4)27(30(11)21(35)17(6)32,23(37)26(8,40)24(38)39)22(36)25(7,29(10)20(34)16(5)31)19(33)18(28-9)13-14(2)3/h14-18,28,31-32,40H,12-13H2,1-11H3,(H,38,39)/t15-,16-,17-,18-,25+,26+,27+/m0/s1/i9D,10D. The Morgan fingerprint density at radius 2 is 1.38 bits per heavy atom. The van der Waals surface area contributed by atoms with Crippen LogP contribution >= 0.6 is 0 Å². The summed E-state index contributed by atoms with van der Waals surface area (Å²) in [7, 11) is -0.682. The van der Waals surface area contributed by atoms with E-state index < -0.39 is 90.0 Å². The number of rotatable bonds is 16. The summed E-state index contributed by atoms with van der Waals surface area (Å²) in [5, 5.41) is 43.6. The lowest BCUT2D eigenvalue weighted by atomic mass is 9.64. The average Bonchev–Trinajstić information content (AvgIpc) is 2.91. The molecule has 40 heavy (non-hydrogen) atoms. The van der Waals surface area contributed by atoms with Gasteiger partial charge >= 0.3 is 5.97 Å². The third-order valence-corrected chi connectivity index (χ3v) is 7.45. The van der Waals surface area contributed by atoms with Gasteiger partial charge in [-0.05, 0) is 53.0 Å². The minimum Gasteiger partial charge on any atom is -0.479 e. The van der Waals surface area contributed by atoms with E-state index in [-0.39, 0.29) is 18.8 Å². The Morgan fingerprint density at radius 3 is 1.73 bits per heavy atom. The van der Waals surface area contributed by atoms with E-state index in [1.807, 2.05) is 0 Å². The van der Waals surface area contributed by atoms with Crippen LogP contribution in [0.25, 0.3) is 0 Å². The highest BCUT2D eigenvalue weighted by Crippen LogP contribution is 2.39.